The first-order chi connectivity index (χ1) is 15.3. The molecule has 0 heterocycles. The average molecular weight is 481 g/mol. The van der Waals surface area contributed by atoms with Crippen LogP contribution in [0.15, 0.2) is 0 Å². The molecule has 0 aromatic heterocycles. The Balaban J connectivity index is -0.00000113. The molecule has 33 heavy (non-hydrogen) atoms. The van der Waals surface area contributed by atoms with Crippen molar-refractivity contribution in [3.05, 3.63) is 0 Å². The van der Waals surface area contributed by atoms with Gasteiger partial charge < -0.3 is 25.2 Å². The van der Waals surface area contributed by atoms with Gasteiger partial charge in [-0.15, -0.1) is 0 Å². The number of unbranched alkanes of at least 4 members (excludes halogenated alkanes) is 14. The van der Waals surface area contributed by atoms with Gasteiger partial charge in [0.2, 0.25) is 5.91 Å². The van der Waals surface area contributed by atoms with Gasteiger partial charge in [0, 0.05) is 13.0 Å². The Bertz CT molecular complexity index is 421. The van der Waals surface area contributed by atoms with Gasteiger partial charge in [-0.2, -0.15) is 0 Å². The molecule has 0 saturated heterocycles. The van der Waals surface area contributed by atoms with Gasteiger partial charge >= 0.3 is 29.6 Å². The predicted molar refractivity (Wildman–Crippen MR) is 132 cm³/mol. The smallest absolute Gasteiger partial charge is 0.547 e. The fourth-order valence-electron chi connectivity index (χ4n) is 3.37. The SMILES string of the molecule is CC(O)C(=O)[O-].CCCCCCCCCCCCCCCCCC(=O)NCCCN(C)C.[Na+]. The van der Waals surface area contributed by atoms with Crippen molar-refractivity contribution in [1.29, 1.82) is 0 Å². The van der Waals surface area contributed by atoms with E-state index in [0.29, 0.717) is 6.42 Å². The Hall–Kier alpha value is -0.140. The van der Waals surface area contributed by atoms with E-state index in [1.54, 1.807) is 0 Å². The number of nitrogens with one attached hydrogen (secondary N) is 1. The van der Waals surface area contributed by atoms with Crippen molar-refractivity contribution < 1.29 is 49.4 Å². The number of hydrogen-bond donors (Lipinski definition) is 2. The molecule has 1 amide bonds. The van der Waals surface area contributed by atoms with Crippen LogP contribution in [0.25, 0.3) is 0 Å². The molecule has 192 valence electrons. The van der Waals surface area contributed by atoms with Gasteiger partial charge in [0.05, 0.1) is 12.1 Å². The maximum atomic E-state index is 11.7. The number of rotatable bonds is 21. The molecular formula is C26H53N2NaO4. The second-order valence-corrected chi connectivity index (χ2v) is 9.20. The minimum Gasteiger partial charge on any atom is -0.547 e. The largest absolute Gasteiger partial charge is 1.00 e. The van der Waals surface area contributed by atoms with Crippen LogP contribution < -0.4 is 40.0 Å². The molecule has 0 bridgehead atoms. The van der Waals surface area contributed by atoms with Gasteiger partial charge in [-0.3, -0.25) is 4.79 Å². The van der Waals surface area contributed by atoms with Crippen LogP contribution in [0.3, 0.4) is 0 Å². The zero-order valence-electron chi connectivity index (χ0n) is 22.6. The fraction of sp³-hybridized carbons (Fsp3) is 0.923. The molecule has 2 N–H and O–H groups in total. The number of carboxylic acids is 1. The monoisotopic (exact) mass is 480 g/mol. The summed E-state index contributed by atoms with van der Waals surface area (Å²) in [6, 6.07) is 0. The van der Waals surface area contributed by atoms with Crippen molar-refractivity contribution in [2.75, 3.05) is 27.2 Å². The minimum absolute atomic E-state index is 0. The Morgan fingerprint density at radius 2 is 1.15 bits per heavy atom. The van der Waals surface area contributed by atoms with Gasteiger partial charge in [-0.25, -0.2) is 0 Å². The number of aliphatic hydroxyl groups excluding tert-OH is 1. The molecule has 0 aliphatic heterocycles. The molecule has 0 saturated carbocycles. The van der Waals surface area contributed by atoms with E-state index in [1.165, 1.54) is 89.9 Å². The third-order valence-electron chi connectivity index (χ3n) is 5.45. The van der Waals surface area contributed by atoms with Gasteiger partial charge in [0.15, 0.2) is 0 Å². The zero-order chi connectivity index (χ0) is 24.5. The first kappa shape index (κ1) is 37.4. The Kier molecular flexibility index (Phi) is 33.9. The van der Waals surface area contributed by atoms with E-state index in [0.717, 1.165) is 32.9 Å². The van der Waals surface area contributed by atoms with Crippen LogP contribution >= 0.6 is 0 Å². The summed E-state index contributed by atoms with van der Waals surface area (Å²) in [5.74, 6) is -1.20. The number of nitrogens with zero attached hydrogens (tertiary/aromatic N) is 1. The summed E-state index contributed by atoms with van der Waals surface area (Å²) in [7, 11) is 4.13. The van der Waals surface area contributed by atoms with Crippen molar-refractivity contribution >= 4 is 11.9 Å². The van der Waals surface area contributed by atoms with Gasteiger partial charge in [0.25, 0.3) is 0 Å². The Labute approximate surface area is 227 Å². The molecule has 0 fully saturated rings. The van der Waals surface area contributed by atoms with Crippen LogP contribution in [0.4, 0.5) is 0 Å². The Morgan fingerprint density at radius 3 is 1.48 bits per heavy atom. The van der Waals surface area contributed by atoms with Crippen LogP contribution in [-0.2, 0) is 9.59 Å². The maximum Gasteiger partial charge on any atom is 1.00 e. The molecule has 6 nitrogen and oxygen atoms in total. The Morgan fingerprint density at radius 1 is 0.788 bits per heavy atom. The zero-order valence-corrected chi connectivity index (χ0v) is 24.6. The van der Waals surface area contributed by atoms with E-state index >= 15 is 0 Å². The summed E-state index contributed by atoms with van der Waals surface area (Å²) in [4.78, 5) is 23.2. The molecule has 7 heteroatoms. The van der Waals surface area contributed by atoms with Crippen LogP contribution in [0.1, 0.15) is 123 Å². The maximum absolute atomic E-state index is 11.7. The van der Waals surface area contributed by atoms with Crippen molar-refractivity contribution in [2.24, 2.45) is 0 Å². The summed E-state index contributed by atoms with van der Waals surface area (Å²) in [5.41, 5.74) is 0. The molecule has 0 spiro atoms. The van der Waals surface area contributed by atoms with Crippen molar-refractivity contribution in [3.8, 4) is 0 Å². The minimum atomic E-state index is -1.44. The van der Waals surface area contributed by atoms with E-state index in [2.05, 4.69) is 31.2 Å². The van der Waals surface area contributed by atoms with Crippen LogP contribution in [0, 0.1) is 0 Å². The molecule has 0 aliphatic carbocycles. The first-order valence-electron chi connectivity index (χ1n) is 13.1. The summed E-state index contributed by atoms with van der Waals surface area (Å²) < 4.78 is 0. The number of aliphatic hydroxyl groups is 1. The van der Waals surface area contributed by atoms with Crippen molar-refractivity contribution in [1.82, 2.24) is 10.2 Å². The standard InChI is InChI=1S/C23H48N2O.C3H6O3.Na/c1-4-5-6-7-8-9-10-11-12-13-14-15-16-17-18-20-23(26)24-21-19-22-25(2)3;1-2(4)3(5)6;/h4-22H2,1-3H3,(H,24,26);2,4H,1H3,(H,5,6);/q;;+1/p-1. The molecule has 0 aromatic carbocycles. The number of hydrogen-bond acceptors (Lipinski definition) is 5. The van der Waals surface area contributed by atoms with Gasteiger partial charge in [-0.05, 0) is 40.4 Å². The van der Waals surface area contributed by atoms with E-state index in [9.17, 15) is 14.7 Å². The van der Waals surface area contributed by atoms with E-state index in [4.69, 9.17) is 5.11 Å². The summed E-state index contributed by atoms with van der Waals surface area (Å²) in [6.07, 6.45) is 20.9. The van der Waals surface area contributed by atoms with Gasteiger partial charge in [0.1, 0.15) is 0 Å². The topological polar surface area (TPSA) is 92.7 Å². The van der Waals surface area contributed by atoms with Crippen LogP contribution in [-0.4, -0.2) is 55.2 Å². The summed E-state index contributed by atoms with van der Waals surface area (Å²) >= 11 is 0. The normalized spacial score (nSPS) is 11.3. The predicted octanol–water partition coefficient (Wildman–Crippen LogP) is 1.44. The summed E-state index contributed by atoms with van der Waals surface area (Å²) in [6.45, 7) is 5.27. The molecule has 0 rings (SSSR count). The third kappa shape index (κ3) is 36.6. The fourth-order valence-corrected chi connectivity index (χ4v) is 3.37. The molecule has 1 unspecified atom stereocenters. The van der Waals surface area contributed by atoms with Crippen LogP contribution in [0.2, 0.25) is 0 Å². The number of carbonyl (C=O) groups is 2. The number of amides is 1. The molecule has 0 aromatic rings. The number of aliphatic carboxylic acids is 1. The number of carbonyl (C=O) groups excluding carboxylic acids is 2. The first-order valence-corrected chi connectivity index (χ1v) is 13.1. The van der Waals surface area contributed by atoms with E-state index in [1.807, 2.05) is 0 Å². The quantitative estimate of drug-likeness (QED) is 0.192. The van der Waals surface area contributed by atoms with Gasteiger partial charge in [-0.1, -0.05) is 96.8 Å². The number of carboxylic acid groups (broad SMARTS) is 1. The van der Waals surface area contributed by atoms with Crippen molar-refractivity contribution in [2.45, 2.75) is 129 Å². The van der Waals surface area contributed by atoms with Crippen molar-refractivity contribution in [3.63, 3.8) is 0 Å². The molecule has 0 aliphatic rings. The average Bonchev–Trinajstić information content (AvgIpc) is 2.74. The third-order valence-corrected chi connectivity index (χ3v) is 5.45. The van der Waals surface area contributed by atoms with Crippen LogP contribution in [0.5, 0.6) is 0 Å². The molecular weight excluding hydrogens is 427 g/mol. The molecule has 0 radical (unpaired) electrons. The second kappa shape index (κ2) is 29.9. The summed E-state index contributed by atoms with van der Waals surface area (Å²) in [5, 5.41) is 20.3. The second-order valence-electron chi connectivity index (χ2n) is 9.20. The van der Waals surface area contributed by atoms with E-state index in [-0.39, 0.29) is 35.5 Å². The van der Waals surface area contributed by atoms with E-state index < -0.39 is 12.1 Å². The molecule has 1 atom stereocenters.